The highest BCUT2D eigenvalue weighted by Crippen LogP contribution is 2.24. The number of nitrogens with two attached hydrogens (primary N) is 2. The molecule has 0 unspecified atom stereocenters. The van der Waals surface area contributed by atoms with Crippen molar-refractivity contribution in [2.75, 3.05) is 11.5 Å². The molecule has 8 nitrogen and oxygen atoms in total. The molecule has 0 atom stereocenters. The maximum absolute atomic E-state index is 11.1. The van der Waals surface area contributed by atoms with Crippen molar-refractivity contribution in [3.8, 4) is 0 Å². The Labute approximate surface area is 156 Å². The molecule has 0 bridgehead atoms. The quantitative estimate of drug-likeness (QED) is 0.327. The molecule has 0 radical (unpaired) electrons. The minimum absolute atomic E-state index is 0.0940. The highest BCUT2D eigenvalue weighted by molar-refractivity contribution is 5.90. The van der Waals surface area contributed by atoms with Gasteiger partial charge < -0.3 is 31.9 Å². The van der Waals surface area contributed by atoms with Gasteiger partial charge in [0.05, 0.1) is 11.1 Å². The van der Waals surface area contributed by atoms with E-state index in [-0.39, 0.29) is 24.0 Å². The number of anilines is 2. The molecule has 27 heavy (non-hydrogen) atoms. The molecule has 0 aliphatic heterocycles. The Morgan fingerprint density at radius 1 is 0.926 bits per heavy atom. The molecule has 2 rings (SSSR count). The Hall–Kier alpha value is -3.10. The SMILES string of the molecule is CCc1c(N)ccc(C(=O)O)c1CCC(O)O.Nc1ccc(C(=O)O)cc1. The number of carboxylic acid groups (broad SMARTS) is 2. The maximum atomic E-state index is 11.1. The summed E-state index contributed by atoms with van der Waals surface area (Å²) >= 11 is 0. The molecule has 0 saturated carbocycles. The second-order valence-electron chi connectivity index (χ2n) is 5.76. The maximum Gasteiger partial charge on any atom is 0.335 e. The molecule has 0 aromatic heterocycles. The van der Waals surface area contributed by atoms with Crippen molar-refractivity contribution < 1.29 is 30.0 Å². The predicted octanol–water partition coefficient (Wildman–Crippen LogP) is 1.74. The van der Waals surface area contributed by atoms with Crippen LogP contribution in [0.25, 0.3) is 0 Å². The van der Waals surface area contributed by atoms with Crippen LogP contribution in [-0.4, -0.2) is 38.7 Å². The summed E-state index contributed by atoms with van der Waals surface area (Å²) in [6.07, 6.45) is -0.448. The third kappa shape index (κ3) is 6.61. The van der Waals surface area contributed by atoms with Gasteiger partial charge in [-0.15, -0.1) is 0 Å². The summed E-state index contributed by atoms with van der Waals surface area (Å²) < 4.78 is 0. The van der Waals surface area contributed by atoms with Crippen molar-refractivity contribution in [2.45, 2.75) is 32.5 Å². The van der Waals surface area contributed by atoms with Crippen LogP contribution in [0.15, 0.2) is 36.4 Å². The van der Waals surface area contributed by atoms with Crippen LogP contribution in [0.4, 0.5) is 11.4 Å². The molecule has 0 heterocycles. The van der Waals surface area contributed by atoms with E-state index in [1.54, 1.807) is 18.2 Å². The van der Waals surface area contributed by atoms with Gasteiger partial charge in [-0.05, 0) is 60.4 Å². The monoisotopic (exact) mass is 376 g/mol. The van der Waals surface area contributed by atoms with E-state index >= 15 is 0 Å². The van der Waals surface area contributed by atoms with Gasteiger partial charge in [0.1, 0.15) is 0 Å². The van der Waals surface area contributed by atoms with Crippen molar-refractivity contribution in [3.63, 3.8) is 0 Å². The Morgan fingerprint density at radius 2 is 1.52 bits per heavy atom. The molecule has 8 heteroatoms. The number of carboxylic acids is 2. The van der Waals surface area contributed by atoms with Gasteiger partial charge in [-0.3, -0.25) is 0 Å². The molecular formula is C19H24N2O6. The van der Waals surface area contributed by atoms with Crippen LogP contribution in [0.5, 0.6) is 0 Å². The molecule has 0 saturated heterocycles. The highest BCUT2D eigenvalue weighted by Gasteiger charge is 2.16. The van der Waals surface area contributed by atoms with Crippen molar-refractivity contribution in [3.05, 3.63) is 58.7 Å². The number of aliphatic hydroxyl groups is 2. The van der Waals surface area contributed by atoms with Crippen molar-refractivity contribution in [1.82, 2.24) is 0 Å². The number of hydrogen-bond donors (Lipinski definition) is 6. The smallest absolute Gasteiger partial charge is 0.335 e. The minimum Gasteiger partial charge on any atom is -0.478 e. The van der Waals surface area contributed by atoms with E-state index in [0.29, 0.717) is 23.4 Å². The van der Waals surface area contributed by atoms with E-state index < -0.39 is 18.2 Å². The Bertz CT molecular complexity index is 788. The number of hydrogen-bond acceptors (Lipinski definition) is 6. The van der Waals surface area contributed by atoms with Crippen LogP contribution in [0.2, 0.25) is 0 Å². The fourth-order valence-corrected chi connectivity index (χ4v) is 2.51. The third-order valence-corrected chi connectivity index (χ3v) is 3.86. The van der Waals surface area contributed by atoms with Gasteiger partial charge in [-0.1, -0.05) is 6.92 Å². The summed E-state index contributed by atoms with van der Waals surface area (Å²) in [5.74, 6) is -1.96. The number of rotatable bonds is 6. The molecular weight excluding hydrogens is 352 g/mol. The Kier molecular flexibility index (Phi) is 8.25. The van der Waals surface area contributed by atoms with Gasteiger partial charge in [-0.2, -0.15) is 0 Å². The van der Waals surface area contributed by atoms with Crippen LogP contribution in [0.3, 0.4) is 0 Å². The fourth-order valence-electron chi connectivity index (χ4n) is 2.51. The van der Waals surface area contributed by atoms with Crippen LogP contribution >= 0.6 is 0 Å². The fraction of sp³-hybridized carbons (Fsp3) is 0.263. The largest absolute Gasteiger partial charge is 0.478 e. The molecule has 0 aliphatic rings. The van der Waals surface area contributed by atoms with E-state index in [9.17, 15) is 9.59 Å². The topological polar surface area (TPSA) is 167 Å². The summed E-state index contributed by atoms with van der Waals surface area (Å²) in [6.45, 7) is 1.89. The number of benzene rings is 2. The van der Waals surface area contributed by atoms with E-state index in [0.717, 1.165) is 5.56 Å². The van der Waals surface area contributed by atoms with Gasteiger partial charge in [0, 0.05) is 17.8 Å². The normalized spacial score (nSPS) is 10.2. The zero-order valence-corrected chi connectivity index (χ0v) is 14.9. The van der Waals surface area contributed by atoms with Crippen molar-refractivity contribution >= 4 is 23.3 Å². The summed E-state index contributed by atoms with van der Waals surface area (Å²) in [7, 11) is 0. The van der Waals surface area contributed by atoms with Crippen LogP contribution < -0.4 is 11.5 Å². The summed E-state index contributed by atoms with van der Waals surface area (Å²) in [5, 5.41) is 35.2. The number of carbonyl (C=O) groups is 2. The molecule has 0 amide bonds. The predicted molar refractivity (Wildman–Crippen MR) is 102 cm³/mol. The molecule has 8 N–H and O–H groups in total. The number of aromatic carboxylic acids is 2. The highest BCUT2D eigenvalue weighted by atomic mass is 16.5. The zero-order chi connectivity index (χ0) is 20.6. The second-order valence-corrected chi connectivity index (χ2v) is 5.76. The van der Waals surface area contributed by atoms with E-state index in [2.05, 4.69) is 0 Å². The van der Waals surface area contributed by atoms with Crippen LogP contribution in [-0.2, 0) is 12.8 Å². The standard InChI is InChI=1S/C12H17NO4.C7H7NO2/c1-2-7-8(4-6-11(14)15)9(12(16)17)3-5-10(7)13;8-6-3-1-5(2-4-6)7(9)10/h3,5,11,14-15H,2,4,6,13H2,1H3,(H,16,17);1-4H,8H2,(H,9,10). The number of nitrogen functional groups attached to an aromatic ring is 2. The molecule has 2 aromatic carbocycles. The van der Waals surface area contributed by atoms with Crippen LogP contribution in [0, 0.1) is 0 Å². The molecule has 0 aliphatic carbocycles. The first kappa shape index (κ1) is 21.9. The lowest BCUT2D eigenvalue weighted by Gasteiger charge is -2.14. The summed E-state index contributed by atoms with van der Waals surface area (Å²) in [6, 6.07) is 9.08. The van der Waals surface area contributed by atoms with E-state index in [1.165, 1.54) is 18.2 Å². The first-order chi connectivity index (χ1) is 12.7. The zero-order valence-electron chi connectivity index (χ0n) is 14.9. The van der Waals surface area contributed by atoms with Gasteiger partial charge in [0.25, 0.3) is 0 Å². The molecule has 0 fully saturated rings. The third-order valence-electron chi connectivity index (χ3n) is 3.86. The molecule has 0 spiro atoms. The second kappa shape index (κ2) is 10.1. The number of aliphatic hydroxyl groups excluding tert-OH is 1. The minimum atomic E-state index is -1.44. The van der Waals surface area contributed by atoms with E-state index in [4.69, 9.17) is 31.9 Å². The van der Waals surface area contributed by atoms with Gasteiger partial charge >= 0.3 is 11.9 Å². The Balaban J connectivity index is 0.000000309. The molecule has 146 valence electrons. The summed E-state index contributed by atoms with van der Waals surface area (Å²) in [5.41, 5.74) is 14.0. The van der Waals surface area contributed by atoms with Crippen LogP contribution in [0.1, 0.15) is 45.2 Å². The Morgan fingerprint density at radius 3 is 1.96 bits per heavy atom. The lowest BCUT2D eigenvalue weighted by atomic mass is 9.94. The lowest BCUT2D eigenvalue weighted by Crippen LogP contribution is -2.12. The van der Waals surface area contributed by atoms with E-state index in [1.807, 2.05) is 6.92 Å². The van der Waals surface area contributed by atoms with Crippen molar-refractivity contribution in [1.29, 1.82) is 0 Å². The van der Waals surface area contributed by atoms with Gasteiger partial charge in [-0.25, -0.2) is 9.59 Å². The van der Waals surface area contributed by atoms with Gasteiger partial charge in [0.2, 0.25) is 0 Å². The summed E-state index contributed by atoms with van der Waals surface area (Å²) in [4.78, 5) is 21.4. The van der Waals surface area contributed by atoms with Crippen molar-refractivity contribution in [2.24, 2.45) is 0 Å². The van der Waals surface area contributed by atoms with Gasteiger partial charge in [0.15, 0.2) is 6.29 Å². The first-order valence-electron chi connectivity index (χ1n) is 8.25. The average Bonchev–Trinajstić information content (AvgIpc) is 2.60. The lowest BCUT2D eigenvalue weighted by molar-refractivity contribution is -0.0447. The molecule has 2 aromatic rings. The first-order valence-corrected chi connectivity index (χ1v) is 8.25. The average molecular weight is 376 g/mol.